The molecule has 0 spiro atoms. The smallest absolute Gasteiger partial charge is 0.340 e. The van der Waals surface area contributed by atoms with Gasteiger partial charge in [0.2, 0.25) is 0 Å². The van der Waals surface area contributed by atoms with E-state index < -0.39 is 11.8 Å². The largest absolute Gasteiger partial charge is 0.465 e. The summed E-state index contributed by atoms with van der Waals surface area (Å²) in [5.41, 5.74) is 8.30. The van der Waals surface area contributed by atoms with Crippen molar-refractivity contribution in [2.75, 3.05) is 13.7 Å². The molecule has 1 rings (SSSR count). The fraction of sp³-hybridized carbons (Fsp3) is 0.182. The first-order valence-electron chi connectivity index (χ1n) is 4.56. The van der Waals surface area contributed by atoms with Crippen LogP contribution in [-0.2, 0) is 4.74 Å². The Morgan fingerprint density at radius 3 is 3.06 bits per heavy atom. The number of methoxy groups -OCH3 is 1. The Bertz CT molecular complexity index is 539. The van der Waals surface area contributed by atoms with E-state index in [1.807, 2.05) is 0 Å². The Morgan fingerprint density at radius 1 is 1.65 bits per heavy atom. The molecule has 0 atom stereocenters. The molecule has 86 valence electrons. The molecule has 17 heavy (non-hydrogen) atoms. The van der Waals surface area contributed by atoms with Crippen molar-refractivity contribution in [3.63, 3.8) is 0 Å². The summed E-state index contributed by atoms with van der Waals surface area (Å²) in [5.74, 6) is 3.77. The minimum Gasteiger partial charge on any atom is -0.465 e. The van der Waals surface area contributed by atoms with Gasteiger partial charge in [-0.1, -0.05) is 17.0 Å². The minimum atomic E-state index is -0.763. The van der Waals surface area contributed by atoms with Gasteiger partial charge in [-0.15, -0.1) is 0 Å². The molecule has 0 N–H and O–H groups in total. The van der Waals surface area contributed by atoms with Crippen molar-refractivity contribution < 1.29 is 13.9 Å². The first kappa shape index (κ1) is 12.6. The lowest BCUT2D eigenvalue weighted by Gasteiger charge is -2.01. The maximum Gasteiger partial charge on any atom is 0.340 e. The van der Waals surface area contributed by atoms with Crippen LogP contribution in [0, 0.1) is 17.7 Å². The summed E-state index contributed by atoms with van der Waals surface area (Å²) in [6.07, 6.45) is 0. The molecule has 1 aromatic carbocycles. The lowest BCUT2D eigenvalue weighted by molar-refractivity contribution is 0.0595. The summed E-state index contributed by atoms with van der Waals surface area (Å²) in [4.78, 5) is 13.7. The third kappa shape index (κ3) is 3.52. The van der Waals surface area contributed by atoms with Crippen molar-refractivity contribution in [3.05, 3.63) is 45.6 Å². The molecule has 0 aliphatic heterocycles. The molecule has 0 heterocycles. The molecule has 6 heteroatoms. The predicted octanol–water partition coefficient (Wildman–Crippen LogP) is 2.27. The average molecular weight is 233 g/mol. The summed E-state index contributed by atoms with van der Waals surface area (Å²) in [6, 6.07) is 3.83. The van der Waals surface area contributed by atoms with Gasteiger partial charge < -0.3 is 4.74 Å². The molecular weight excluding hydrogens is 225 g/mol. The Balaban J connectivity index is 2.98. The second kappa shape index (κ2) is 6.16. The van der Waals surface area contributed by atoms with Crippen molar-refractivity contribution >= 4 is 5.97 Å². The molecule has 0 bridgehead atoms. The van der Waals surface area contributed by atoms with Gasteiger partial charge >= 0.3 is 5.97 Å². The molecular formula is C11H8FN3O2. The van der Waals surface area contributed by atoms with Crippen molar-refractivity contribution in [2.24, 2.45) is 5.11 Å². The summed E-state index contributed by atoms with van der Waals surface area (Å²) < 4.78 is 17.7. The Morgan fingerprint density at radius 2 is 2.41 bits per heavy atom. The molecule has 0 aromatic heterocycles. The van der Waals surface area contributed by atoms with Crippen LogP contribution in [0.3, 0.4) is 0 Å². The number of azide groups is 1. The number of hydrogen-bond donors (Lipinski definition) is 0. The highest BCUT2D eigenvalue weighted by atomic mass is 19.1. The Labute approximate surface area is 96.8 Å². The van der Waals surface area contributed by atoms with Crippen molar-refractivity contribution in [1.29, 1.82) is 0 Å². The van der Waals surface area contributed by atoms with Gasteiger partial charge in [0.05, 0.1) is 19.2 Å². The topological polar surface area (TPSA) is 75.1 Å². The highest BCUT2D eigenvalue weighted by Crippen LogP contribution is 2.11. The summed E-state index contributed by atoms with van der Waals surface area (Å²) in [6.45, 7) is 0.0153. The van der Waals surface area contributed by atoms with E-state index in [1.165, 1.54) is 19.2 Å². The van der Waals surface area contributed by atoms with Crippen molar-refractivity contribution in [2.45, 2.75) is 0 Å². The number of rotatable bonds is 2. The van der Waals surface area contributed by atoms with Crippen LogP contribution in [0.25, 0.3) is 10.4 Å². The number of benzene rings is 1. The molecule has 0 amide bonds. The standard InChI is InChI=1S/C11H8FN3O2/c1-17-11(16)9-7-8(4-5-10(9)12)3-2-6-14-15-13/h4-5,7H,6H2,1H3. The third-order valence-electron chi connectivity index (χ3n) is 1.82. The number of ether oxygens (including phenoxy) is 1. The maximum absolute atomic E-state index is 13.2. The normalized spacial score (nSPS) is 8.59. The Kier molecular flexibility index (Phi) is 4.55. The molecule has 0 radical (unpaired) electrons. The highest BCUT2D eigenvalue weighted by Gasteiger charge is 2.11. The quantitative estimate of drug-likeness (QED) is 0.258. The fourth-order valence-corrected chi connectivity index (χ4v) is 1.08. The molecule has 5 nitrogen and oxygen atoms in total. The van der Waals surface area contributed by atoms with Crippen LogP contribution in [0.15, 0.2) is 23.3 Å². The van der Waals surface area contributed by atoms with E-state index in [0.29, 0.717) is 5.56 Å². The van der Waals surface area contributed by atoms with Gasteiger partial charge in [0.25, 0.3) is 0 Å². The zero-order valence-electron chi connectivity index (χ0n) is 8.98. The number of halogens is 1. The predicted molar refractivity (Wildman–Crippen MR) is 58.6 cm³/mol. The van der Waals surface area contributed by atoms with Crippen molar-refractivity contribution in [3.8, 4) is 11.8 Å². The molecule has 0 aliphatic rings. The number of carbonyl (C=O) groups excluding carboxylic acids is 1. The number of esters is 1. The summed E-state index contributed by atoms with van der Waals surface area (Å²) in [5, 5.41) is 3.22. The van der Waals surface area contributed by atoms with Gasteiger partial charge in [-0.05, 0) is 23.7 Å². The van der Waals surface area contributed by atoms with Gasteiger partial charge in [-0.2, -0.15) is 0 Å². The zero-order valence-corrected chi connectivity index (χ0v) is 8.98. The van der Waals surface area contributed by atoms with E-state index in [0.717, 1.165) is 6.07 Å². The fourth-order valence-electron chi connectivity index (χ4n) is 1.08. The SMILES string of the molecule is COC(=O)c1cc(C#CCN=[N+]=[N-])ccc1F. The van der Waals surface area contributed by atoms with Crippen LogP contribution in [0.1, 0.15) is 15.9 Å². The van der Waals surface area contributed by atoms with E-state index in [2.05, 4.69) is 26.6 Å². The van der Waals surface area contributed by atoms with Gasteiger partial charge in [0.1, 0.15) is 5.82 Å². The van der Waals surface area contributed by atoms with Gasteiger partial charge in [0, 0.05) is 10.5 Å². The lowest BCUT2D eigenvalue weighted by atomic mass is 10.1. The van der Waals surface area contributed by atoms with E-state index >= 15 is 0 Å². The number of hydrogen-bond acceptors (Lipinski definition) is 3. The summed E-state index contributed by atoms with van der Waals surface area (Å²) >= 11 is 0. The number of carbonyl (C=O) groups is 1. The average Bonchev–Trinajstić information content (AvgIpc) is 2.35. The zero-order chi connectivity index (χ0) is 12.7. The van der Waals surface area contributed by atoms with E-state index in [9.17, 15) is 9.18 Å². The summed E-state index contributed by atoms with van der Waals surface area (Å²) in [7, 11) is 1.17. The monoisotopic (exact) mass is 233 g/mol. The van der Waals surface area contributed by atoms with Gasteiger partial charge in [-0.3, -0.25) is 0 Å². The van der Waals surface area contributed by atoms with E-state index in [-0.39, 0.29) is 12.1 Å². The molecule has 0 aliphatic carbocycles. The molecule has 0 fully saturated rings. The molecule has 0 saturated heterocycles. The third-order valence-corrected chi connectivity index (χ3v) is 1.82. The molecule has 0 unspecified atom stereocenters. The highest BCUT2D eigenvalue weighted by molar-refractivity contribution is 5.90. The first-order chi connectivity index (χ1) is 8.19. The first-order valence-corrected chi connectivity index (χ1v) is 4.56. The van der Waals surface area contributed by atoms with E-state index in [1.54, 1.807) is 0 Å². The van der Waals surface area contributed by atoms with Crippen LogP contribution in [0.4, 0.5) is 4.39 Å². The Hall–Kier alpha value is -2.51. The maximum atomic E-state index is 13.2. The van der Waals surface area contributed by atoms with E-state index in [4.69, 9.17) is 5.53 Å². The second-order valence-corrected chi connectivity index (χ2v) is 2.88. The lowest BCUT2D eigenvalue weighted by Crippen LogP contribution is -2.04. The minimum absolute atomic E-state index is 0.0153. The van der Waals surface area contributed by atoms with Crippen LogP contribution in [-0.4, -0.2) is 19.6 Å². The van der Waals surface area contributed by atoms with Crippen LogP contribution in [0.2, 0.25) is 0 Å². The van der Waals surface area contributed by atoms with Gasteiger partial charge in [-0.25, -0.2) is 9.18 Å². The van der Waals surface area contributed by atoms with Crippen LogP contribution < -0.4 is 0 Å². The number of nitrogens with zero attached hydrogens (tertiary/aromatic N) is 3. The molecule has 1 aromatic rings. The van der Waals surface area contributed by atoms with Crippen LogP contribution >= 0.6 is 0 Å². The van der Waals surface area contributed by atoms with Crippen molar-refractivity contribution in [1.82, 2.24) is 0 Å². The van der Waals surface area contributed by atoms with Crippen LogP contribution in [0.5, 0.6) is 0 Å². The second-order valence-electron chi connectivity index (χ2n) is 2.88. The molecule has 0 saturated carbocycles. The van der Waals surface area contributed by atoms with Gasteiger partial charge in [0.15, 0.2) is 0 Å².